The average Bonchev–Trinajstić information content (AvgIpc) is 2.15. The first-order valence-electron chi connectivity index (χ1n) is 3.59. The van der Waals surface area contributed by atoms with Crippen molar-refractivity contribution in [2.45, 2.75) is 6.43 Å². The quantitative estimate of drug-likeness (QED) is 0.610. The van der Waals surface area contributed by atoms with E-state index in [4.69, 9.17) is 0 Å². The molecule has 0 bridgehead atoms. The summed E-state index contributed by atoms with van der Waals surface area (Å²) < 4.78 is 28.8. The predicted molar refractivity (Wildman–Crippen MR) is 48.2 cm³/mol. The normalized spacial score (nSPS) is 10.4. The van der Waals surface area contributed by atoms with E-state index in [2.05, 4.69) is 25.7 Å². The van der Waals surface area contributed by atoms with Gasteiger partial charge in [0.05, 0.1) is 12.7 Å². The lowest BCUT2D eigenvalue weighted by Crippen LogP contribution is -2.05. The highest BCUT2D eigenvalue weighted by Gasteiger charge is 2.15. The van der Waals surface area contributed by atoms with Gasteiger partial charge in [-0.3, -0.25) is 0 Å². The monoisotopic (exact) mass is 265 g/mol. The van der Waals surface area contributed by atoms with Crippen molar-refractivity contribution in [1.82, 2.24) is 4.98 Å². The second-order valence-electron chi connectivity index (χ2n) is 2.37. The van der Waals surface area contributed by atoms with Crippen molar-refractivity contribution in [1.29, 1.82) is 0 Å². The maximum Gasteiger partial charge on any atom is 0.356 e. The van der Waals surface area contributed by atoms with Crippen molar-refractivity contribution in [2.24, 2.45) is 0 Å². The van der Waals surface area contributed by atoms with Gasteiger partial charge in [0, 0.05) is 0 Å². The van der Waals surface area contributed by atoms with Crippen molar-refractivity contribution >= 4 is 21.9 Å². The maximum atomic E-state index is 12.3. The molecule has 0 fully saturated rings. The van der Waals surface area contributed by atoms with Gasteiger partial charge in [0.1, 0.15) is 10.3 Å². The van der Waals surface area contributed by atoms with E-state index in [1.165, 1.54) is 13.2 Å². The molecule has 1 aromatic rings. The number of aromatic nitrogens is 1. The van der Waals surface area contributed by atoms with Crippen LogP contribution in [-0.2, 0) is 4.74 Å². The Morgan fingerprint density at radius 3 is 2.64 bits per heavy atom. The van der Waals surface area contributed by atoms with Gasteiger partial charge >= 0.3 is 5.97 Å². The molecule has 0 unspecified atom stereocenters. The fourth-order valence-electron chi connectivity index (χ4n) is 0.826. The van der Waals surface area contributed by atoms with Crippen molar-refractivity contribution in [2.75, 3.05) is 7.11 Å². The molecule has 0 aliphatic rings. The number of alkyl halides is 2. The molecule has 6 heteroatoms. The molecule has 0 spiro atoms. The lowest BCUT2D eigenvalue weighted by Gasteiger charge is -2.03. The highest BCUT2D eigenvalue weighted by atomic mass is 79.9. The summed E-state index contributed by atoms with van der Waals surface area (Å²) in [5.74, 6) is -0.661. The summed E-state index contributed by atoms with van der Waals surface area (Å²) >= 11 is 2.85. The Bertz CT molecular complexity index is 357. The molecule has 14 heavy (non-hydrogen) atoms. The molecule has 0 atom stereocenters. The number of esters is 1. The van der Waals surface area contributed by atoms with E-state index in [1.807, 2.05) is 0 Å². The third-order valence-corrected chi connectivity index (χ3v) is 2.14. The fraction of sp³-hybridized carbons (Fsp3) is 0.250. The van der Waals surface area contributed by atoms with E-state index in [0.29, 0.717) is 0 Å². The van der Waals surface area contributed by atoms with Gasteiger partial charge in [-0.05, 0) is 28.1 Å². The SMILES string of the molecule is COC(=O)c1ccc(C(F)F)c(Br)n1. The second kappa shape index (κ2) is 4.45. The Balaban J connectivity index is 3.06. The van der Waals surface area contributed by atoms with Crippen LogP contribution >= 0.6 is 15.9 Å². The topological polar surface area (TPSA) is 39.2 Å². The van der Waals surface area contributed by atoms with Gasteiger partial charge in [-0.25, -0.2) is 18.6 Å². The van der Waals surface area contributed by atoms with Crippen molar-refractivity contribution in [3.63, 3.8) is 0 Å². The molecule has 0 N–H and O–H groups in total. The van der Waals surface area contributed by atoms with Crippen LogP contribution in [0.1, 0.15) is 22.5 Å². The van der Waals surface area contributed by atoms with E-state index in [1.54, 1.807) is 0 Å². The third-order valence-electron chi connectivity index (χ3n) is 1.51. The molecule has 1 aromatic heterocycles. The second-order valence-corrected chi connectivity index (χ2v) is 3.12. The number of carbonyl (C=O) groups excluding carboxylic acids is 1. The largest absolute Gasteiger partial charge is 0.464 e. The maximum absolute atomic E-state index is 12.3. The predicted octanol–water partition coefficient (Wildman–Crippen LogP) is 2.57. The van der Waals surface area contributed by atoms with Crippen LogP contribution in [0.2, 0.25) is 0 Å². The van der Waals surface area contributed by atoms with E-state index < -0.39 is 12.4 Å². The molecule has 0 radical (unpaired) electrons. The van der Waals surface area contributed by atoms with Crippen molar-refractivity contribution in [3.05, 3.63) is 28.0 Å². The highest BCUT2D eigenvalue weighted by molar-refractivity contribution is 9.10. The summed E-state index contributed by atoms with van der Waals surface area (Å²) in [4.78, 5) is 14.6. The number of halogens is 3. The van der Waals surface area contributed by atoms with E-state index >= 15 is 0 Å². The van der Waals surface area contributed by atoms with Crippen LogP contribution in [0.25, 0.3) is 0 Å². The highest BCUT2D eigenvalue weighted by Crippen LogP contribution is 2.25. The zero-order valence-corrected chi connectivity index (χ0v) is 8.72. The smallest absolute Gasteiger partial charge is 0.356 e. The Hall–Kier alpha value is -1.04. The molecule has 0 aliphatic heterocycles. The lowest BCUT2D eigenvalue weighted by molar-refractivity contribution is 0.0593. The zero-order valence-electron chi connectivity index (χ0n) is 7.13. The van der Waals surface area contributed by atoms with Crippen LogP contribution in [0.5, 0.6) is 0 Å². The van der Waals surface area contributed by atoms with Crippen molar-refractivity contribution in [3.8, 4) is 0 Å². The van der Waals surface area contributed by atoms with Gasteiger partial charge in [0.2, 0.25) is 0 Å². The summed E-state index contributed by atoms with van der Waals surface area (Å²) in [6.07, 6.45) is -2.62. The minimum atomic E-state index is -2.62. The Kier molecular flexibility index (Phi) is 3.51. The molecule has 1 heterocycles. The van der Waals surface area contributed by atoms with Gasteiger partial charge in [0.15, 0.2) is 0 Å². The first kappa shape index (κ1) is 11.0. The van der Waals surface area contributed by atoms with Crippen LogP contribution in [0.4, 0.5) is 8.78 Å². The van der Waals surface area contributed by atoms with E-state index in [0.717, 1.165) is 6.07 Å². The molecule has 0 saturated heterocycles. The molecule has 0 amide bonds. The molecular formula is C8H6BrF2NO2. The van der Waals surface area contributed by atoms with Gasteiger partial charge < -0.3 is 4.74 Å². The first-order valence-corrected chi connectivity index (χ1v) is 4.38. The Morgan fingerprint density at radius 1 is 1.57 bits per heavy atom. The molecular weight excluding hydrogens is 260 g/mol. The van der Waals surface area contributed by atoms with Crippen molar-refractivity contribution < 1.29 is 18.3 Å². The summed E-state index contributed by atoms with van der Waals surface area (Å²) in [6, 6.07) is 2.33. The van der Waals surface area contributed by atoms with Gasteiger partial charge in [0.25, 0.3) is 6.43 Å². The number of pyridine rings is 1. The fourth-order valence-corrected chi connectivity index (χ4v) is 1.32. The molecule has 0 aromatic carbocycles. The van der Waals surface area contributed by atoms with Gasteiger partial charge in [-0.15, -0.1) is 0 Å². The van der Waals surface area contributed by atoms with Crippen LogP contribution in [-0.4, -0.2) is 18.1 Å². The molecule has 3 nitrogen and oxygen atoms in total. The number of hydrogen-bond donors (Lipinski definition) is 0. The first-order chi connectivity index (χ1) is 6.56. The van der Waals surface area contributed by atoms with Gasteiger partial charge in [-0.2, -0.15) is 0 Å². The van der Waals surface area contributed by atoms with Crippen LogP contribution < -0.4 is 0 Å². The minimum Gasteiger partial charge on any atom is -0.464 e. The summed E-state index contributed by atoms with van der Waals surface area (Å²) in [6.45, 7) is 0. The number of rotatable bonds is 2. The molecule has 0 aliphatic carbocycles. The van der Waals surface area contributed by atoms with E-state index in [9.17, 15) is 13.6 Å². The number of nitrogens with zero attached hydrogens (tertiary/aromatic N) is 1. The van der Waals surface area contributed by atoms with E-state index in [-0.39, 0.29) is 15.9 Å². The molecule has 76 valence electrons. The standard InChI is InChI=1S/C8H6BrF2NO2/c1-14-8(13)5-3-2-4(7(10)11)6(9)12-5/h2-3,7H,1H3. The summed E-state index contributed by atoms with van der Waals surface area (Å²) in [7, 11) is 1.19. The average molecular weight is 266 g/mol. The number of ether oxygens (including phenoxy) is 1. The number of carbonyl (C=O) groups is 1. The van der Waals surface area contributed by atoms with Crippen LogP contribution in [0.3, 0.4) is 0 Å². The molecule has 1 rings (SSSR count). The number of methoxy groups -OCH3 is 1. The van der Waals surface area contributed by atoms with Crippen LogP contribution in [0, 0.1) is 0 Å². The Morgan fingerprint density at radius 2 is 2.21 bits per heavy atom. The Labute approximate surface area is 87.2 Å². The number of hydrogen-bond acceptors (Lipinski definition) is 3. The zero-order chi connectivity index (χ0) is 10.7. The third kappa shape index (κ3) is 2.25. The summed E-state index contributed by atoms with van der Waals surface area (Å²) in [5.41, 5.74) is -0.263. The minimum absolute atomic E-state index is 0.0104. The molecule has 0 saturated carbocycles. The lowest BCUT2D eigenvalue weighted by atomic mass is 10.2. The van der Waals surface area contributed by atoms with Crippen LogP contribution in [0.15, 0.2) is 16.7 Å². The summed E-state index contributed by atoms with van der Waals surface area (Å²) in [5, 5.41) is 0. The van der Waals surface area contributed by atoms with Gasteiger partial charge in [-0.1, -0.05) is 0 Å².